The van der Waals surface area contributed by atoms with Gasteiger partial charge in [-0.2, -0.15) is 0 Å². The van der Waals surface area contributed by atoms with Crippen LogP contribution in [0.2, 0.25) is 0 Å². The first-order valence-corrected chi connectivity index (χ1v) is 7.60. The minimum atomic E-state index is -0.356. The summed E-state index contributed by atoms with van der Waals surface area (Å²) in [5.74, 6) is 0.874. The van der Waals surface area contributed by atoms with Gasteiger partial charge >= 0.3 is 0 Å². The quantitative estimate of drug-likeness (QED) is 0.477. The largest absolute Gasteiger partial charge is 0.497 e. The molecule has 1 amide bonds. The lowest BCUT2D eigenvalue weighted by molar-refractivity contribution is -0.112. The Morgan fingerprint density at radius 2 is 1.84 bits per heavy atom. The minimum absolute atomic E-state index is 0.325. The summed E-state index contributed by atoms with van der Waals surface area (Å²) in [6.07, 6.45) is 5.02. The molecule has 0 radical (unpaired) electrons. The second-order valence-electron chi connectivity index (χ2n) is 5.03. The molecule has 5 nitrogen and oxygen atoms in total. The zero-order valence-corrected chi connectivity index (χ0v) is 14.1. The summed E-state index contributed by atoms with van der Waals surface area (Å²) in [6, 6.07) is 14.4. The zero-order chi connectivity index (χ0) is 18.1. The van der Waals surface area contributed by atoms with E-state index >= 15 is 0 Å². The van der Waals surface area contributed by atoms with Gasteiger partial charge in [0, 0.05) is 5.57 Å². The van der Waals surface area contributed by atoms with E-state index in [1.807, 2.05) is 24.3 Å². The van der Waals surface area contributed by atoms with Crippen LogP contribution in [0.4, 0.5) is 5.69 Å². The molecular weight excluding hydrogens is 318 g/mol. The van der Waals surface area contributed by atoms with E-state index in [0.29, 0.717) is 29.0 Å². The van der Waals surface area contributed by atoms with Crippen molar-refractivity contribution in [2.45, 2.75) is 0 Å². The number of hydrogen-bond acceptors (Lipinski definition) is 4. The number of ether oxygens (including phenoxy) is 2. The minimum Gasteiger partial charge on any atom is -0.497 e. The highest BCUT2D eigenvalue weighted by molar-refractivity contribution is 6.09. The summed E-state index contributed by atoms with van der Waals surface area (Å²) in [5, 5.41) is 2.79. The lowest BCUT2D eigenvalue weighted by atomic mass is 10.1. The molecule has 0 aromatic heterocycles. The lowest BCUT2D eigenvalue weighted by Crippen LogP contribution is -2.14. The molecule has 0 fully saturated rings. The summed E-state index contributed by atoms with van der Waals surface area (Å²) in [6.45, 7) is 0. The standard InChI is InChI=1S/C20H19NO4/c1-24-17-9-5-7-15(14-17)13-16(8-6-12-22)20(23)21-18-10-3-4-11-19(18)25-2/h3-14H,1-2H3,(H,21,23)/b8-6-,16-13-. The van der Waals surface area contributed by atoms with E-state index in [2.05, 4.69) is 5.32 Å². The van der Waals surface area contributed by atoms with E-state index in [1.54, 1.807) is 37.5 Å². The van der Waals surface area contributed by atoms with Crippen LogP contribution >= 0.6 is 0 Å². The van der Waals surface area contributed by atoms with Crippen LogP contribution in [0.15, 0.2) is 66.3 Å². The molecule has 0 unspecified atom stereocenters. The second-order valence-corrected chi connectivity index (χ2v) is 5.03. The molecule has 2 aromatic rings. The molecule has 0 heterocycles. The Kier molecular flexibility index (Phi) is 6.54. The van der Waals surface area contributed by atoms with Gasteiger partial charge in [0.05, 0.1) is 19.9 Å². The van der Waals surface area contributed by atoms with Crippen molar-refractivity contribution in [1.29, 1.82) is 0 Å². The average molecular weight is 337 g/mol. The van der Waals surface area contributed by atoms with E-state index in [4.69, 9.17) is 9.47 Å². The number of carbonyl (C=O) groups excluding carboxylic acids is 2. The Balaban J connectivity index is 2.32. The van der Waals surface area contributed by atoms with E-state index in [9.17, 15) is 9.59 Å². The molecule has 5 heteroatoms. The Morgan fingerprint density at radius 3 is 2.56 bits per heavy atom. The van der Waals surface area contributed by atoms with Crippen LogP contribution in [0.5, 0.6) is 11.5 Å². The number of allylic oxidation sites excluding steroid dienone is 1. The maximum atomic E-state index is 12.6. The molecule has 0 atom stereocenters. The number of amides is 1. The van der Waals surface area contributed by atoms with E-state index in [-0.39, 0.29) is 5.91 Å². The Labute approximate surface area is 146 Å². The predicted molar refractivity (Wildman–Crippen MR) is 97.8 cm³/mol. The second kappa shape index (κ2) is 9.08. The van der Waals surface area contributed by atoms with Crippen LogP contribution in [0.3, 0.4) is 0 Å². The van der Waals surface area contributed by atoms with Gasteiger partial charge in [0.2, 0.25) is 0 Å². The number of nitrogens with one attached hydrogen (secondary N) is 1. The summed E-state index contributed by atoms with van der Waals surface area (Å²) in [5.41, 5.74) is 1.65. The fraction of sp³-hybridized carbons (Fsp3) is 0.100. The molecule has 0 saturated carbocycles. The van der Waals surface area contributed by atoms with Crippen LogP contribution in [0.25, 0.3) is 6.08 Å². The van der Waals surface area contributed by atoms with Crippen LogP contribution in [-0.4, -0.2) is 26.4 Å². The molecular formula is C20H19NO4. The topological polar surface area (TPSA) is 64.6 Å². The van der Waals surface area contributed by atoms with Crippen LogP contribution in [-0.2, 0) is 9.59 Å². The first-order chi connectivity index (χ1) is 12.2. The van der Waals surface area contributed by atoms with Gasteiger partial charge in [-0.15, -0.1) is 0 Å². The third-order valence-corrected chi connectivity index (χ3v) is 3.39. The number of aldehydes is 1. The molecule has 0 saturated heterocycles. The number of hydrogen-bond donors (Lipinski definition) is 1. The molecule has 0 spiro atoms. The number of methoxy groups -OCH3 is 2. The number of anilines is 1. The highest BCUT2D eigenvalue weighted by Crippen LogP contribution is 2.24. The SMILES string of the molecule is COc1cccc(/C=C(/C=C\C=O)C(=O)Nc2ccccc2OC)c1. The molecule has 2 aromatic carbocycles. The molecule has 25 heavy (non-hydrogen) atoms. The number of carbonyl (C=O) groups is 2. The first-order valence-electron chi connectivity index (χ1n) is 7.60. The van der Waals surface area contributed by atoms with Gasteiger partial charge in [-0.25, -0.2) is 0 Å². The lowest BCUT2D eigenvalue weighted by Gasteiger charge is -2.10. The van der Waals surface area contributed by atoms with Crippen molar-refractivity contribution in [3.8, 4) is 11.5 Å². The normalized spacial score (nSPS) is 11.2. The molecule has 128 valence electrons. The smallest absolute Gasteiger partial charge is 0.255 e. The maximum absolute atomic E-state index is 12.6. The summed E-state index contributed by atoms with van der Waals surface area (Å²) < 4.78 is 10.4. The average Bonchev–Trinajstić information content (AvgIpc) is 2.65. The van der Waals surface area contributed by atoms with Gasteiger partial charge in [-0.3, -0.25) is 9.59 Å². The Bertz CT molecular complexity index is 809. The fourth-order valence-electron chi connectivity index (χ4n) is 2.19. The van der Waals surface area contributed by atoms with Crippen molar-refractivity contribution in [1.82, 2.24) is 0 Å². The number of benzene rings is 2. The maximum Gasteiger partial charge on any atom is 0.255 e. The van der Waals surface area contributed by atoms with Crippen LogP contribution in [0.1, 0.15) is 5.56 Å². The Hall–Kier alpha value is -3.34. The van der Waals surface area contributed by atoms with Gasteiger partial charge < -0.3 is 14.8 Å². The summed E-state index contributed by atoms with van der Waals surface area (Å²) in [4.78, 5) is 23.3. The third-order valence-electron chi connectivity index (χ3n) is 3.39. The van der Waals surface area contributed by atoms with Crippen molar-refractivity contribution >= 4 is 24.0 Å². The fourth-order valence-corrected chi connectivity index (χ4v) is 2.19. The van der Waals surface area contributed by atoms with Crippen LogP contribution in [0, 0.1) is 0 Å². The first kappa shape index (κ1) is 18.0. The highest BCUT2D eigenvalue weighted by Gasteiger charge is 2.10. The monoisotopic (exact) mass is 337 g/mol. The molecule has 0 aliphatic rings. The molecule has 1 N–H and O–H groups in total. The Morgan fingerprint density at radius 1 is 1.04 bits per heavy atom. The van der Waals surface area contributed by atoms with Crippen molar-refractivity contribution in [2.75, 3.05) is 19.5 Å². The van der Waals surface area contributed by atoms with Gasteiger partial charge in [0.25, 0.3) is 5.91 Å². The number of rotatable bonds is 7. The van der Waals surface area contributed by atoms with Gasteiger partial charge in [0.1, 0.15) is 17.8 Å². The van der Waals surface area contributed by atoms with E-state index in [0.717, 1.165) is 5.56 Å². The third kappa shape index (κ3) is 5.07. The van der Waals surface area contributed by atoms with Crippen molar-refractivity contribution in [2.24, 2.45) is 0 Å². The highest BCUT2D eigenvalue weighted by atomic mass is 16.5. The molecule has 0 aliphatic carbocycles. The van der Waals surface area contributed by atoms with Gasteiger partial charge in [0.15, 0.2) is 0 Å². The van der Waals surface area contributed by atoms with Crippen LogP contribution < -0.4 is 14.8 Å². The molecule has 2 rings (SSSR count). The molecule has 0 bridgehead atoms. The molecule has 0 aliphatic heterocycles. The van der Waals surface area contributed by atoms with Crippen molar-refractivity contribution < 1.29 is 19.1 Å². The van der Waals surface area contributed by atoms with E-state index < -0.39 is 0 Å². The van der Waals surface area contributed by atoms with Crippen molar-refractivity contribution in [3.63, 3.8) is 0 Å². The predicted octanol–water partition coefficient (Wildman–Crippen LogP) is 3.48. The number of para-hydroxylation sites is 2. The summed E-state index contributed by atoms with van der Waals surface area (Å²) >= 11 is 0. The van der Waals surface area contributed by atoms with E-state index in [1.165, 1.54) is 19.3 Å². The van der Waals surface area contributed by atoms with Crippen molar-refractivity contribution in [3.05, 3.63) is 71.8 Å². The van der Waals surface area contributed by atoms with Gasteiger partial charge in [-0.05, 0) is 48.1 Å². The van der Waals surface area contributed by atoms with Gasteiger partial charge in [-0.1, -0.05) is 24.3 Å². The zero-order valence-electron chi connectivity index (χ0n) is 14.1. The summed E-state index contributed by atoms with van der Waals surface area (Å²) in [7, 11) is 3.11.